The summed E-state index contributed by atoms with van der Waals surface area (Å²) in [6.45, 7) is 4.97. The topological polar surface area (TPSA) is 26.3 Å². The summed E-state index contributed by atoms with van der Waals surface area (Å²) < 4.78 is 4.86. The first-order valence-corrected chi connectivity index (χ1v) is 15.5. The molecule has 0 aromatic rings. The van der Waals surface area contributed by atoms with Crippen LogP contribution >= 0.6 is 0 Å². The predicted octanol–water partition coefficient (Wildman–Crippen LogP) is 3.66. The van der Waals surface area contributed by atoms with Gasteiger partial charge in [0.05, 0.1) is 6.61 Å². The zero-order valence-corrected chi connectivity index (χ0v) is 15.7. The van der Waals surface area contributed by atoms with E-state index in [9.17, 15) is 4.79 Å². The fraction of sp³-hybridized carbons (Fsp3) is 0.923. The van der Waals surface area contributed by atoms with Crippen molar-refractivity contribution in [2.24, 2.45) is 5.92 Å². The molecule has 4 heteroatoms. The zero-order chi connectivity index (χ0) is 13.7. The summed E-state index contributed by atoms with van der Waals surface area (Å²) >= 11 is 3.99. The number of hydrogen-bond donors (Lipinski definition) is 0. The van der Waals surface area contributed by atoms with Gasteiger partial charge in [0.1, 0.15) is 0 Å². The van der Waals surface area contributed by atoms with Crippen molar-refractivity contribution >= 4 is 38.4 Å². The minimum absolute atomic E-state index is 0.0754. The molecular weight excluding hydrogens is 339 g/mol. The number of carbonyl (C=O) groups excluding carboxylic acids is 1. The number of ether oxygens (including phenoxy) is 1. The first-order chi connectivity index (χ1) is 7.90. The molecule has 102 valence electrons. The molecule has 0 bridgehead atoms. The molecule has 0 aromatic heterocycles. The van der Waals surface area contributed by atoms with Gasteiger partial charge in [-0.15, -0.1) is 0 Å². The summed E-state index contributed by atoms with van der Waals surface area (Å²) in [6, 6.07) is 0. The van der Waals surface area contributed by atoms with Crippen LogP contribution in [-0.2, 0) is 22.2 Å². The van der Waals surface area contributed by atoms with Gasteiger partial charge in [-0.3, -0.25) is 4.79 Å². The fourth-order valence-electron chi connectivity index (χ4n) is 1.06. The third-order valence-corrected chi connectivity index (χ3v) is 2.04. The summed E-state index contributed by atoms with van der Waals surface area (Å²) in [5, 5.41) is 0. The van der Waals surface area contributed by atoms with Crippen molar-refractivity contribution in [1.29, 1.82) is 0 Å². The second-order valence-electron chi connectivity index (χ2n) is 5.11. The molecule has 0 aliphatic rings. The van der Waals surface area contributed by atoms with Crippen molar-refractivity contribution in [3.05, 3.63) is 0 Å². The molecule has 0 atom stereocenters. The Morgan fingerprint density at radius 2 is 1.71 bits per heavy atom. The van der Waals surface area contributed by atoms with Crippen LogP contribution in [0.1, 0.15) is 39.5 Å². The van der Waals surface area contributed by atoms with Crippen LogP contribution in [0.4, 0.5) is 0 Å². The van der Waals surface area contributed by atoms with Gasteiger partial charge < -0.3 is 17.4 Å². The average molecular weight is 367 g/mol. The second-order valence-corrected chi connectivity index (χ2v) is 14.0. The molecule has 0 aliphatic carbocycles. The molecule has 0 rings (SSSR count). The third kappa shape index (κ3) is 26.3. The van der Waals surface area contributed by atoms with Crippen molar-refractivity contribution in [3.63, 3.8) is 0 Å². The summed E-state index contributed by atoms with van der Waals surface area (Å²) in [5.74, 6) is 0.584. The summed E-state index contributed by atoms with van der Waals surface area (Å²) in [7, 11) is 0. The molecule has 0 aliphatic heterocycles. The van der Waals surface area contributed by atoms with E-state index in [1.165, 1.54) is 12.8 Å². The molecular formula is C13H28O2SSn. The molecule has 0 saturated heterocycles. The number of hydrogen-bond acceptors (Lipinski definition) is 3. The van der Waals surface area contributed by atoms with Crippen LogP contribution in [0.3, 0.4) is 0 Å². The van der Waals surface area contributed by atoms with E-state index >= 15 is 0 Å². The van der Waals surface area contributed by atoms with Gasteiger partial charge in [0.15, 0.2) is 0 Å². The van der Waals surface area contributed by atoms with E-state index in [1.54, 1.807) is 0 Å². The molecule has 0 unspecified atom stereocenters. The third-order valence-electron chi connectivity index (χ3n) is 1.81. The Morgan fingerprint density at radius 3 is 2.12 bits per heavy atom. The minimum atomic E-state index is -0.543. The van der Waals surface area contributed by atoms with Gasteiger partial charge in [-0.25, -0.2) is 0 Å². The van der Waals surface area contributed by atoms with Crippen LogP contribution in [0.5, 0.6) is 0 Å². The van der Waals surface area contributed by atoms with Crippen molar-refractivity contribution in [2.75, 3.05) is 12.4 Å². The standard InChI is InChI=1S/C10H20O2S.3CH3.Sn/c1-9(2)6-4-3-5-7-12-10(11)8-13;;;;/h9,13H,3-8H2,1-2H3;3*1H3;/q;;;;+1/p-1. The molecule has 0 amide bonds. The Bertz CT molecular complexity index is 170. The van der Waals surface area contributed by atoms with Crippen LogP contribution in [0.25, 0.3) is 0 Å². The predicted molar refractivity (Wildman–Crippen MR) is 79.8 cm³/mol. The molecule has 0 spiro atoms. The molecule has 0 saturated carbocycles. The first kappa shape index (κ1) is 19.9. The Morgan fingerprint density at radius 1 is 1.18 bits per heavy atom. The summed E-state index contributed by atoms with van der Waals surface area (Å²) in [4.78, 5) is 17.7. The van der Waals surface area contributed by atoms with Crippen LogP contribution < -0.4 is 0 Å². The maximum atomic E-state index is 10.6. The van der Waals surface area contributed by atoms with Gasteiger partial charge in [0, 0.05) is 0 Å². The van der Waals surface area contributed by atoms with Crippen molar-refractivity contribution in [3.8, 4) is 0 Å². The SMILES string of the molecule is CC(C)CCCCCOC(=O)C[S-].[CH3][Sn+]([CH3])[CH3]. The van der Waals surface area contributed by atoms with Crippen LogP contribution in [0, 0.1) is 5.92 Å². The number of unbranched alkanes of at least 4 members (excludes halogenated alkanes) is 2. The van der Waals surface area contributed by atoms with E-state index in [4.69, 9.17) is 4.74 Å². The molecule has 2 nitrogen and oxygen atoms in total. The van der Waals surface area contributed by atoms with E-state index in [1.807, 2.05) is 0 Å². The quantitative estimate of drug-likeness (QED) is 0.297. The van der Waals surface area contributed by atoms with E-state index < -0.39 is 19.8 Å². The van der Waals surface area contributed by atoms with Gasteiger partial charge >= 0.3 is 34.6 Å². The molecule has 0 heterocycles. The zero-order valence-electron chi connectivity index (χ0n) is 12.0. The molecule has 0 aromatic carbocycles. The van der Waals surface area contributed by atoms with Gasteiger partial charge in [0.2, 0.25) is 0 Å². The average Bonchev–Trinajstić information content (AvgIpc) is 2.21. The number of rotatable bonds is 7. The van der Waals surface area contributed by atoms with Crippen molar-refractivity contribution < 1.29 is 9.53 Å². The van der Waals surface area contributed by atoms with E-state index in [2.05, 4.69) is 41.3 Å². The van der Waals surface area contributed by atoms with Gasteiger partial charge in [-0.2, -0.15) is 0 Å². The van der Waals surface area contributed by atoms with Gasteiger partial charge in [0.25, 0.3) is 5.97 Å². The maximum absolute atomic E-state index is 10.6. The van der Waals surface area contributed by atoms with Gasteiger partial charge in [-0.05, 0) is 12.3 Å². The monoisotopic (exact) mass is 368 g/mol. The van der Waals surface area contributed by atoms with Crippen LogP contribution in [-0.4, -0.2) is 38.1 Å². The first-order valence-electron chi connectivity index (χ1n) is 6.40. The number of esters is 1. The van der Waals surface area contributed by atoms with Gasteiger partial charge in [-0.1, -0.05) is 38.9 Å². The van der Waals surface area contributed by atoms with Crippen molar-refractivity contribution in [1.82, 2.24) is 0 Å². The Kier molecular flexibility index (Phi) is 17.2. The van der Waals surface area contributed by atoms with Crippen LogP contribution in [0.15, 0.2) is 0 Å². The van der Waals surface area contributed by atoms with E-state index in [0.29, 0.717) is 6.61 Å². The Balaban J connectivity index is 0. The molecule has 0 N–H and O–H groups in total. The second kappa shape index (κ2) is 14.7. The van der Waals surface area contributed by atoms with Crippen molar-refractivity contribution in [2.45, 2.75) is 54.3 Å². The molecule has 0 fully saturated rings. The number of carbonyl (C=O) groups is 1. The Hall–Kier alpha value is 0.619. The Labute approximate surface area is 120 Å². The molecule has 17 heavy (non-hydrogen) atoms. The normalized spacial score (nSPS) is 9.59. The van der Waals surface area contributed by atoms with E-state index in [0.717, 1.165) is 18.8 Å². The summed E-state index contributed by atoms with van der Waals surface area (Å²) in [6.07, 6.45) is 4.59. The van der Waals surface area contributed by atoms with Crippen LogP contribution in [0.2, 0.25) is 14.8 Å². The summed E-state index contributed by atoms with van der Waals surface area (Å²) in [5.41, 5.74) is 0. The fourth-order valence-corrected chi connectivity index (χ4v) is 1.14. The molecule has 0 radical (unpaired) electrons. The van der Waals surface area contributed by atoms with E-state index in [-0.39, 0.29) is 11.7 Å².